The van der Waals surface area contributed by atoms with Crippen molar-refractivity contribution in [3.05, 3.63) is 23.8 Å². The first-order valence-corrected chi connectivity index (χ1v) is 9.76. The molecule has 0 aliphatic rings. The molecular weight excluding hydrogens is 420 g/mol. The number of benzene rings is 1. The Hall–Kier alpha value is -3.76. The van der Waals surface area contributed by atoms with Gasteiger partial charge in [0.1, 0.15) is 12.3 Å². The van der Waals surface area contributed by atoms with E-state index >= 15 is 0 Å². The maximum Gasteiger partial charge on any atom is 0.313 e. The molecule has 32 heavy (non-hydrogen) atoms. The second kappa shape index (κ2) is 11.0. The largest absolute Gasteiger partial charge is 0.481 e. The fourth-order valence-electron chi connectivity index (χ4n) is 2.72. The van der Waals surface area contributed by atoms with Crippen molar-refractivity contribution in [1.82, 2.24) is 10.6 Å². The Morgan fingerprint density at radius 1 is 1.03 bits per heavy atom. The van der Waals surface area contributed by atoms with Gasteiger partial charge in [-0.15, -0.1) is 0 Å². The summed E-state index contributed by atoms with van der Waals surface area (Å²) in [5, 5.41) is 18.2. The number of anilines is 2. The van der Waals surface area contributed by atoms with Crippen LogP contribution in [-0.2, 0) is 34.2 Å². The van der Waals surface area contributed by atoms with Crippen LogP contribution in [0.4, 0.5) is 11.4 Å². The van der Waals surface area contributed by atoms with Gasteiger partial charge in [0, 0.05) is 18.3 Å². The zero-order valence-electron chi connectivity index (χ0n) is 18.6. The number of hydrogen-bond acceptors (Lipinski definition) is 6. The third-order valence-electron chi connectivity index (χ3n) is 4.23. The maximum absolute atomic E-state index is 12.4. The van der Waals surface area contributed by atoms with E-state index in [9.17, 15) is 28.8 Å². The first kappa shape index (κ1) is 26.3. The summed E-state index contributed by atoms with van der Waals surface area (Å²) in [7, 11) is 0. The van der Waals surface area contributed by atoms with Gasteiger partial charge in [-0.05, 0) is 30.0 Å². The molecule has 0 fully saturated rings. The number of hydrogen-bond donors (Lipinski definition) is 5. The molecule has 11 nitrogen and oxygen atoms in total. The number of carbonyl (C=O) groups is 6. The van der Waals surface area contributed by atoms with E-state index in [1.165, 1.54) is 19.9 Å². The first-order valence-electron chi connectivity index (χ1n) is 9.76. The summed E-state index contributed by atoms with van der Waals surface area (Å²) >= 11 is 0. The number of carboxylic acid groups (broad SMARTS) is 1. The zero-order chi connectivity index (χ0) is 24.6. The molecule has 0 aliphatic heterocycles. The Balaban J connectivity index is 2.91. The van der Waals surface area contributed by atoms with Gasteiger partial charge in [0.05, 0.1) is 12.5 Å². The summed E-state index contributed by atoms with van der Waals surface area (Å²) in [5.74, 6) is -4.58. The lowest BCUT2D eigenvalue weighted by atomic mass is 9.85. The highest BCUT2D eigenvalue weighted by molar-refractivity contribution is 6.40. The summed E-state index contributed by atoms with van der Waals surface area (Å²) in [6, 6.07) is 2.43. The summed E-state index contributed by atoms with van der Waals surface area (Å²) < 4.78 is 0. The average Bonchev–Trinajstić information content (AvgIpc) is 2.65. The van der Waals surface area contributed by atoms with Crippen molar-refractivity contribution in [3.63, 3.8) is 0 Å². The Labute approximate surface area is 185 Å². The Morgan fingerprint density at radius 3 is 2.16 bits per heavy atom. The smallest absolute Gasteiger partial charge is 0.313 e. The van der Waals surface area contributed by atoms with Crippen LogP contribution in [0.25, 0.3) is 0 Å². The van der Waals surface area contributed by atoms with E-state index in [2.05, 4.69) is 21.3 Å². The van der Waals surface area contributed by atoms with E-state index in [0.717, 1.165) is 0 Å². The number of nitrogens with one attached hydrogen (secondary N) is 4. The van der Waals surface area contributed by atoms with Crippen LogP contribution in [-0.4, -0.2) is 53.1 Å². The molecule has 5 N–H and O–H groups in total. The van der Waals surface area contributed by atoms with E-state index in [4.69, 9.17) is 5.11 Å². The van der Waals surface area contributed by atoms with Crippen molar-refractivity contribution in [2.24, 2.45) is 0 Å². The van der Waals surface area contributed by atoms with E-state index in [1.54, 1.807) is 12.1 Å². The molecule has 0 saturated carbocycles. The number of aldehydes is 1. The molecular formula is C21H28N4O7. The monoisotopic (exact) mass is 448 g/mol. The molecule has 1 aromatic rings. The topological polar surface area (TPSA) is 171 Å². The van der Waals surface area contributed by atoms with E-state index in [0.29, 0.717) is 16.9 Å². The summed E-state index contributed by atoms with van der Waals surface area (Å²) in [4.78, 5) is 69.7. The molecule has 0 unspecified atom stereocenters. The highest BCUT2D eigenvalue weighted by atomic mass is 16.4. The van der Waals surface area contributed by atoms with E-state index in [1.807, 2.05) is 20.8 Å². The van der Waals surface area contributed by atoms with Gasteiger partial charge in [-0.25, -0.2) is 0 Å². The van der Waals surface area contributed by atoms with Crippen LogP contribution < -0.4 is 21.3 Å². The third kappa shape index (κ3) is 8.17. The van der Waals surface area contributed by atoms with Crippen molar-refractivity contribution in [2.75, 3.05) is 10.6 Å². The molecule has 0 heterocycles. The van der Waals surface area contributed by atoms with Crippen molar-refractivity contribution in [2.45, 2.75) is 58.5 Å². The van der Waals surface area contributed by atoms with Gasteiger partial charge in [0.2, 0.25) is 11.8 Å². The predicted octanol–water partition coefficient (Wildman–Crippen LogP) is 0.544. The Bertz CT molecular complexity index is 921. The minimum absolute atomic E-state index is 0.267. The van der Waals surface area contributed by atoms with Gasteiger partial charge in [0.15, 0.2) is 0 Å². The number of rotatable bonds is 8. The fraction of sp³-hybridized carbons (Fsp3) is 0.429. The summed E-state index contributed by atoms with van der Waals surface area (Å²) in [6.07, 6.45) is -0.347. The van der Waals surface area contributed by atoms with Gasteiger partial charge >= 0.3 is 17.8 Å². The average molecular weight is 448 g/mol. The predicted molar refractivity (Wildman–Crippen MR) is 116 cm³/mol. The summed E-state index contributed by atoms with van der Waals surface area (Å²) in [6.45, 7) is 8.33. The standard InChI is InChI=1S/C21H28N4O7/c1-11(18(30)24-14(10-26)9-17(28)29)22-19(31)20(32)25-16-8-13(23-12(2)27)6-7-15(16)21(3,4)5/h6-8,10-11,14H,9H2,1-5H3,(H,22,31)(H,23,27)(H,24,30)(H,25,32)(H,28,29)/t11-,14-/m0/s1. The minimum Gasteiger partial charge on any atom is -0.481 e. The molecule has 0 spiro atoms. The lowest BCUT2D eigenvalue weighted by molar-refractivity contribution is -0.139. The molecule has 0 radical (unpaired) electrons. The fourth-order valence-corrected chi connectivity index (χ4v) is 2.72. The number of carboxylic acids is 1. The zero-order valence-corrected chi connectivity index (χ0v) is 18.6. The van der Waals surface area contributed by atoms with Gasteiger partial charge in [0.25, 0.3) is 0 Å². The van der Waals surface area contributed by atoms with Crippen molar-refractivity contribution < 1.29 is 33.9 Å². The summed E-state index contributed by atoms with van der Waals surface area (Å²) in [5.41, 5.74) is 1.05. The van der Waals surface area contributed by atoms with Crippen LogP contribution in [0.3, 0.4) is 0 Å². The van der Waals surface area contributed by atoms with Crippen LogP contribution in [0.1, 0.15) is 46.6 Å². The number of carbonyl (C=O) groups excluding carboxylic acids is 5. The van der Waals surface area contributed by atoms with Crippen LogP contribution in [0, 0.1) is 0 Å². The Morgan fingerprint density at radius 2 is 1.66 bits per heavy atom. The first-order chi connectivity index (χ1) is 14.7. The number of aliphatic carboxylic acids is 1. The minimum atomic E-state index is -1.28. The molecule has 1 rings (SSSR count). The molecule has 174 valence electrons. The lowest BCUT2D eigenvalue weighted by Crippen LogP contribution is -2.51. The maximum atomic E-state index is 12.4. The Kier molecular flexibility index (Phi) is 9.06. The highest BCUT2D eigenvalue weighted by Gasteiger charge is 2.25. The van der Waals surface area contributed by atoms with Crippen molar-refractivity contribution in [1.29, 1.82) is 0 Å². The van der Waals surface area contributed by atoms with E-state index in [-0.39, 0.29) is 12.2 Å². The van der Waals surface area contributed by atoms with Gasteiger partial charge in [-0.1, -0.05) is 26.8 Å². The molecule has 0 saturated heterocycles. The van der Waals surface area contributed by atoms with Crippen molar-refractivity contribution in [3.8, 4) is 0 Å². The molecule has 1 aromatic carbocycles. The van der Waals surface area contributed by atoms with Crippen LogP contribution in [0.5, 0.6) is 0 Å². The molecule has 11 heteroatoms. The molecule has 0 bridgehead atoms. The SMILES string of the molecule is CC(=O)Nc1ccc(C(C)(C)C)c(NC(=O)C(=O)N[C@@H](C)C(=O)N[C@H](C=O)CC(=O)O)c1. The van der Waals surface area contributed by atoms with Gasteiger partial charge in [-0.2, -0.15) is 0 Å². The second-order valence-corrected chi connectivity index (χ2v) is 8.19. The third-order valence-corrected chi connectivity index (χ3v) is 4.23. The van der Waals surface area contributed by atoms with Crippen LogP contribution >= 0.6 is 0 Å². The second-order valence-electron chi connectivity index (χ2n) is 8.19. The molecule has 0 aliphatic carbocycles. The normalized spacial score (nSPS) is 12.7. The van der Waals surface area contributed by atoms with Crippen molar-refractivity contribution >= 4 is 47.3 Å². The van der Waals surface area contributed by atoms with Gasteiger partial charge < -0.3 is 31.2 Å². The van der Waals surface area contributed by atoms with Crippen LogP contribution in [0.15, 0.2) is 18.2 Å². The quantitative estimate of drug-likeness (QED) is 0.285. The van der Waals surface area contributed by atoms with Gasteiger partial charge in [-0.3, -0.25) is 24.0 Å². The molecule has 4 amide bonds. The van der Waals surface area contributed by atoms with Crippen LogP contribution in [0.2, 0.25) is 0 Å². The van der Waals surface area contributed by atoms with E-state index < -0.39 is 47.6 Å². The molecule has 2 atom stereocenters. The molecule has 0 aromatic heterocycles. The highest BCUT2D eigenvalue weighted by Crippen LogP contribution is 2.31. The lowest BCUT2D eigenvalue weighted by Gasteiger charge is -2.24. The number of amides is 4.